The fourth-order valence-corrected chi connectivity index (χ4v) is 7.05. The molecule has 22 heteroatoms. The second-order valence-corrected chi connectivity index (χ2v) is 16.2. The van der Waals surface area contributed by atoms with E-state index in [2.05, 4.69) is 4.90 Å². The van der Waals surface area contributed by atoms with Gasteiger partial charge < -0.3 is 30.7 Å². The molecule has 0 unspecified atom stereocenters. The van der Waals surface area contributed by atoms with Crippen molar-refractivity contribution in [3.8, 4) is 0 Å². The number of carbonyl (C=O) groups is 5. The summed E-state index contributed by atoms with van der Waals surface area (Å²) in [5.41, 5.74) is 6.02. The molecule has 2 heterocycles. The molecule has 0 radical (unpaired) electrons. The maximum atomic E-state index is 14.9. The standard InChI is InChI=1S/C23H22ClF5N4O3.C21H23ClF2N4O2/c1-31-6-8-32(9-7-31)22(36)33(16-4-5-18(25)17(24)11-16)13-15-3-2-14(10-19(15)26)20(34)12-30-21(35)23(27,28)29;1-26-6-8-27(9-7-26)21(30)28(16-4-5-18(23)17(22)11-16)13-15-3-2-14(10-19(15)24)20(29)12-25/h2-5,10-11H,6-9,12-13H2,1H3,(H,30,35);2-5,10-11H,6-9,12-13,25H2,1H3. The van der Waals surface area contributed by atoms with Gasteiger partial charge in [0.15, 0.2) is 11.6 Å². The average molecular weight is 970 g/mol. The van der Waals surface area contributed by atoms with Gasteiger partial charge in [0.05, 0.1) is 36.2 Å². The summed E-state index contributed by atoms with van der Waals surface area (Å²) in [5.74, 6) is -6.43. The molecular weight excluding hydrogens is 924 g/mol. The van der Waals surface area contributed by atoms with Crippen LogP contribution in [0.25, 0.3) is 0 Å². The van der Waals surface area contributed by atoms with Crippen LogP contribution in [0.2, 0.25) is 10.0 Å². The van der Waals surface area contributed by atoms with Crippen molar-refractivity contribution in [2.24, 2.45) is 5.73 Å². The third kappa shape index (κ3) is 13.4. The van der Waals surface area contributed by atoms with Crippen LogP contribution in [0.5, 0.6) is 0 Å². The Morgan fingerprint density at radius 2 is 0.985 bits per heavy atom. The summed E-state index contributed by atoms with van der Waals surface area (Å²) in [7, 11) is 3.88. The fourth-order valence-electron chi connectivity index (χ4n) is 6.70. The zero-order chi connectivity index (χ0) is 48.5. The third-order valence-electron chi connectivity index (χ3n) is 10.7. The predicted molar refractivity (Wildman–Crippen MR) is 234 cm³/mol. The van der Waals surface area contributed by atoms with E-state index in [0.717, 1.165) is 18.2 Å². The Balaban J connectivity index is 0.000000251. The molecule has 13 nitrogen and oxygen atoms in total. The number of halogens is 9. The Labute approximate surface area is 385 Å². The number of ketones is 2. The summed E-state index contributed by atoms with van der Waals surface area (Å²) in [6.07, 6.45) is -5.15. The number of hydrogen-bond donors (Lipinski definition) is 2. The minimum Gasteiger partial charge on any atom is -0.341 e. The van der Waals surface area contributed by atoms with Gasteiger partial charge >= 0.3 is 24.1 Å². The van der Waals surface area contributed by atoms with Crippen LogP contribution >= 0.6 is 23.2 Å². The molecule has 2 fully saturated rings. The van der Waals surface area contributed by atoms with Gasteiger partial charge in [0.1, 0.15) is 23.3 Å². The highest BCUT2D eigenvalue weighted by atomic mass is 35.5. The van der Waals surface area contributed by atoms with Crippen LogP contribution in [0.4, 0.5) is 51.7 Å². The average Bonchev–Trinajstić information content (AvgIpc) is 3.28. The number of anilines is 2. The Morgan fingerprint density at radius 3 is 1.33 bits per heavy atom. The number of nitrogens with one attached hydrogen (secondary N) is 1. The molecule has 0 aromatic heterocycles. The predicted octanol–water partition coefficient (Wildman–Crippen LogP) is 6.99. The summed E-state index contributed by atoms with van der Waals surface area (Å²) in [6, 6.07) is 14.0. The van der Waals surface area contributed by atoms with Crippen LogP contribution in [0.1, 0.15) is 31.8 Å². The molecule has 0 spiro atoms. The Kier molecular flexibility index (Phi) is 17.5. The molecule has 354 valence electrons. The summed E-state index contributed by atoms with van der Waals surface area (Å²) >= 11 is 11.8. The lowest BCUT2D eigenvalue weighted by Crippen LogP contribution is -2.52. The van der Waals surface area contributed by atoms with Gasteiger partial charge in [0, 0.05) is 86.0 Å². The number of benzene rings is 4. The summed E-state index contributed by atoms with van der Waals surface area (Å²) in [5, 5.41) is 1.07. The zero-order valence-corrected chi connectivity index (χ0v) is 37.1. The zero-order valence-electron chi connectivity index (χ0n) is 35.6. The molecule has 4 aromatic rings. The molecule has 2 aliphatic rings. The van der Waals surface area contributed by atoms with Crippen molar-refractivity contribution < 1.29 is 54.7 Å². The minimum atomic E-state index is -5.15. The van der Waals surface area contributed by atoms with E-state index in [1.54, 1.807) is 9.80 Å². The highest BCUT2D eigenvalue weighted by Gasteiger charge is 2.38. The number of Topliss-reactive ketones (excluding diaryl/α,β-unsaturated/α-hetero) is 2. The first-order valence-corrected chi connectivity index (χ1v) is 21.0. The minimum absolute atomic E-state index is 0.00574. The number of piperazine rings is 2. The van der Waals surface area contributed by atoms with Crippen molar-refractivity contribution in [1.29, 1.82) is 0 Å². The number of rotatable bonds is 11. The molecular formula is C44H45Cl2F7N8O5. The van der Waals surface area contributed by atoms with Crippen molar-refractivity contribution in [2.45, 2.75) is 19.3 Å². The molecule has 2 saturated heterocycles. The van der Waals surface area contributed by atoms with Crippen LogP contribution in [-0.2, 0) is 17.9 Å². The van der Waals surface area contributed by atoms with Gasteiger partial charge in [-0.25, -0.2) is 27.2 Å². The van der Waals surface area contributed by atoms with E-state index >= 15 is 0 Å². The van der Waals surface area contributed by atoms with Crippen molar-refractivity contribution in [1.82, 2.24) is 24.9 Å². The topological polar surface area (TPSA) is 143 Å². The van der Waals surface area contributed by atoms with Crippen LogP contribution < -0.4 is 20.9 Å². The van der Waals surface area contributed by atoms with Crippen molar-refractivity contribution in [2.75, 3.05) is 89.3 Å². The lowest BCUT2D eigenvalue weighted by Gasteiger charge is -2.36. The Morgan fingerprint density at radius 1 is 0.591 bits per heavy atom. The second-order valence-electron chi connectivity index (χ2n) is 15.4. The lowest BCUT2D eigenvalue weighted by molar-refractivity contribution is -0.173. The number of carbonyl (C=O) groups excluding carboxylic acids is 5. The number of nitrogens with two attached hydrogens (primary N) is 1. The summed E-state index contributed by atoms with van der Waals surface area (Å²) < 4.78 is 93.9. The van der Waals surface area contributed by atoms with Crippen molar-refractivity contribution in [3.05, 3.63) is 128 Å². The molecule has 0 atom stereocenters. The van der Waals surface area contributed by atoms with Gasteiger partial charge in [0.25, 0.3) is 0 Å². The monoisotopic (exact) mass is 968 g/mol. The quantitative estimate of drug-likeness (QED) is 0.121. The summed E-state index contributed by atoms with van der Waals surface area (Å²) in [6.45, 7) is 2.97. The Bertz CT molecular complexity index is 2430. The highest BCUT2D eigenvalue weighted by Crippen LogP contribution is 2.29. The van der Waals surface area contributed by atoms with Gasteiger partial charge in [0.2, 0.25) is 0 Å². The first kappa shape index (κ1) is 51.2. The van der Waals surface area contributed by atoms with Crippen LogP contribution in [0.15, 0.2) is 72.8 Å². The van der Waals surface area contributed by atoms with E-state index in [1.807, 2.05) is 19.0 Å². The van der Waals surface area contributed by atoms with Gasteiger partial charge in [-0.05, 0) is 62.6 Å². The van der Waals surface area contributed by atoms with Gasteiger partial charge in [-0.15, -0.1) is 0 Å². The van der Waals surface area contributed by atoms with E-state index in [4.69, 9.17) is 28.9 Å². The number of likely N-dealkylation sites (N-methyl/N-ethyl adjacent to an activating group) is 2. The van der Waals surface area contributed by atoms with Crippen molar-refractivity contribution in [3.63, 3.8) is 0 Å². The second kappa shape index (κ2) is 22.6. The molecule has 3 N–H and O–H groups in total. The number of alkyl halides is 3. The molecule has 5 amide bonds. The Hall–Kier alpha value is -5.80. The van der Waals surface area contributed by atoms with E-state index in [0.29, 0.717) is 58.0 Å². The third-order valence-corrected chi connectivity index (χ3v) is 11.3. The van der Waals surface area contributed by atoms with E-state index in [9.17, 15) is 54.7 Å². The van der Waals surface area contributed by atoms with Crippen molar-refractivity contribution >= 4 is 64.1 Å². The van der Waals surface area contributed by atoms with E-state index in [-0.39, 0.29) is 69.4 Å². The van der Waals surface area contributed by atoms with Crippen LogP contribution in [0, 0.1) is 23.3 Å². The normalized spacial score (nSPS) is 14.5. The van der Waals surface area contributed by atoms with Gasteiger partial charge in [-0.1, -0.05) is 47.5 Å². The first-order valence-electron chi connectivity index (χ1n) is 20.2. The SMILES string of the molecule is CN1CCN(C(=O)N(Cc2ccc(C(=O)CN)cc2F)c2ccc(F)c(Cl)c2)CC1.CN1CCN(C(=O)N(Cc2ccc(C(=O)CNC(=O)C(F)(F)F)cc2F)c2ccc(F)c(Cl)c2)CC1. The smallest absolute Gasteiger partial charge is 0.341 e. The molecule has 0 saturated carbocycles. The van der Waals surface area contributed by atoms with Crippen LogP contribution in [-0.4, -0.2) is 135 Å². The number of hydrogen-bond acceptors (Lipinski definition) is 8. The maximum absolute atomic E-state index is 14.9. The first-order chi connectivity index (χ1) is 31.2. The largest absolute Gasteiger partial charge is 0.471 e. The fraction of sp³-hybridized carbons (Fsp3) is 0.341. The maximum Gasteiger partial charge on any atom is 0.471 e. The summed E-state index contributed by atoms with van der Waals surface area (Å²) in [4.78, 5) is 71.2. The number of nitrogens with zero attached hydrogens (tertiary/aromatic N) is 6. The van der Waals surface area contributed by atoms with Crippen LogP contribution in [0.3, 0.4) is 0 Å². The molecule has 6 rings (SSSR count). The van der Waals surface area contributed by atoms with Gasteiger partial charge in [-0.3, -0.25) is 24.2 Å². The highest BCUT2D eigenvalue weighted by molar-refractivity contribution is 6.31. The number of amides is 5. The van der Waals surface area contributed by atoms with Gasteiger partial charge in [-0.2, -0.15) is 13.2 Å². The van der Waals surface area contributed by atoms with E-state index < -0.39 is 53.7 Å². The molecule has 66 heavy (non-hydrogen) atoms. The van der Waals surface area contributed by atoms with E-state index in [1.165, 1.54) is 69.7 Å². The molecule has 4 aromatic carbocycles. The molecule has 0 bridgehead atoms. The molecule has 2 aliphatic heterocycles. The lowest BCUT2D eigenvalue weighted by atomic mass is 10.1. The molecule has 0 aliphatic carbocycles. The number of urea groups is 2.